The van der Waals surface area contributed by atoms with Crippen molar-refractivity contribution in [1.29, 1.82) is 0 Å². The van der Waals surface area contributed by atoms with E-state index in [9.17, 15) is 13.6 Å². The van der Waals surface area contributed by atoms with Gasteiger partial charge < -0.3 is 21.1 Å². The first kappa shape index (κ1) is 21.4. The van der Waals surface area contributed by atoms with Gasteiger partial charge in [-0.3, -0.25) is 0 Å². The maximum absolute atomic E-state index is 14.6. The summed E-state index contributed by atoms with van der Waals surface area (Å²) in [6, 6.07) is 4.70. The van der Waals surface area contributed by atoms with Crippen molar-refractivity contribution >= 4 is 23.6 Å². The minimum absolute atomic E-state index is 0. The normalized spacial score (nSPS) is 12.6. The number of fused-ring (bicyclic) bond motifs is 1. The maximum Gasteiger partial charge on any atom is 0.347 e. The topological polar surface area (TPSA) is 93.9 Å². The number of nitrogens with two attached hydrogens (primary N) is 2. The lowest BCUT2D eigenvalue weighted by Crippen LogP contribution is -2.36. The number of benzene rings is 2. The van der Waals surface area contributed by atoms with Gasteiger partial charge in [0.1, 0.15) is 17.4 Å². The largest absolute Gasteiger partial charge is 0.497 e. The molecular weight excluding hydrogens is 390 g/mol. The molecule has 0 radical (unpaired) electrons. The molecule has 0 atom stereocenters. The lowest BCUT2D eigenvalue weighted by molar-refractivity contribution is 0.203. The Morgan fingerprint density at radius 1 is 1.21 bits per heavy atom. The van der Waals surface area contributed by atoms with Crippen molar-refractivity contribution in [2.45, 2.75) is 20.4 Å². The summed E-state index contributed by atoms with van der Waals surface area (Å²) in [6.45, 7) is 0.408. The fraction of sp³-hybridized carbons (Fsp3) is 0.263. The zero-order chi connectivity index (χ0) is 19.7. The molecule has 0 saturated carbocycles. The molecule has 1 aliphatic heterocycles. The lowest BCUT2D eigenvalue weighted by atomic mass is 9.90. The standard InChI is InChI=1S/C18H17ClF2N4O2.CH4/c1-27-9-6-14(20)16(15(21)7-9)11-2-3-13(19)10-4-5-25(8-12(10)11)18(26)24-17(22)23;/h2-3,6-7H,4-5,8H2,1H3,(H4,22,23,24,26);1H4. The minimum Gasteiger partial charge on any atom is -0.497 e. The molecule has 150 valence electrons. The molecule has 4 N–H and O–H groups in total. The van der Waals surface area contributed by atoms with Crippen molar-refractivity contribution < 1.29 is 18.3 Å². The summed E-state index contributed by atoms with van der Waals surface area (Å²) in [6.07, 6.45) is 0.410. The molecule has 1 heterocycles. The van der Waals surface area contributed by atoms with E-state index in [2.05, 4.69) is 4.99 Å². The molecule has 2 aromatic rings. The number of hydrogen-bond acceptors (Lipinski definition) is 2. The Morgan fingerprint density at radius 2 is 1.86 bits per heavy atom. The van der Waals surface area contributed by atoms with Crippen LogP contribution in [0.15, 0.2) is 29.3 Å². The average Bonchev–Trinajstić information content (AvgIpc) is 2.62. The Kier molecular flexibility index (Phi) is 6.45. The molecule has 0 spiro atoms. The molecule has 0 fully saturated rings. The second kappa shape index (κ2) is 8.43. The molecule has 0 saturated heterocycles. The average molecular weight is 411 g/mol. The van der Waals surface area contributed by atoms with Crippen molar-refractivity contribution in [2.75, 3.05) is 13.7 Å². The van der Waals surface area contributed by atoms with Crippen LogP contribution in [0.4, 0.5) is 13.6 Å². The van der Waals surface area contributed by atoms with Crippen molar-refractivity contribution in [3.8, 4) is 16.9 Å². The fourth-order valence-electron chi connectivity index (χ4n) is 3.14. The molecule has 28 heavy (non-hydrogen) atoms. The van der Waals surface area contributed by atoms with E-state index in [1.165, 1.54) is 18.1 Å². The number of nitrogens with zero attached hydrogens (tertiary/aromatic N) is 2. The molecule has 1 aliphatic rings. The van der Waals surface area contributed by atoms with E-state index >= 15 is 0 Å². The molecule has 0 aliphatic carbocycles. The van der Waals surface area contributed by atoms with Gasteiger partial charge in [-0.2, -0.15) is 4.99 Å². The third kappa shape index (κ3) is 4.01. The van der Waals surface area contributed by atoms with Crippen LogP contribution in [0.1, 0.15) is 18.6 Å². The predicted molar refractivity (Wildman–Crippen MR) is 105 cm³/mol. The number of amides is 2. The Morgan fingerprint density at radius 3 is 2.43 bits per heavy atom. The predicted octanol–water partition coefficient (Wildman–Crippen LogP) is 3.68. The molecule has 6 nitrogen and oxygen atoms in total. The zero-order valence-electron chi connectivity index (χ0n) is 14.4. The van der Waals surface area contributed by atoms with E-state index in [1.807, 2.05) is 0 Å². The van der Waals surface area contributed by atoms with Crippen LogP contribution in [0.25, 0.3) is 11.1 Å². The van der Waals surface area contributed by atoms with Crippen molar-refractivity contribution in [1.82, 2.24) is 4.90 Å². The van der Waals surface area contributed by atoms with E-state index in [0.29, 0.717) is 29.1 Å². The maximum atomic E-state index is 14.6. The fourth-order valence-corrected chi connectivity index (χ4v) is 3.41. The number of halogens is 3. The van der Waals surface area contributed by atoms with E-state index in [0.717, 1.165) is 17.7 Å². The van der Waals surface area contributed by atoms with Gasteiger partial charge in [0.25, 0.3) is 0 Å². The van der Waals surface area contributed by atoms with Gasteiger partial charge in [-0.25, -0.2) is 13.6 Å². The Hall–Kier alpha value is -2.87. The molecule has 3 rings (SSSR count). The molecule has 0 unspecified atom stereocenters. The van der Waals surface area contributed by atoms with Crippen LogP contribution >= 0.6 is 11.6 Å². The van der Waals surface area contributed by atoms with Gasteiger partial charge in [0.15, 0.2) is 5.96 Å². The highest BCUT2D eigenvalue weighted by Crippen LogP contribution is 2.38. The molecule has 9 heteroatoms. The van der Waals surface area contributed by atoms with Gasteiger partial charge in [0, 0.05) is 30.2 Å². The number of ether oxygens (including phenoxy) is 1. The van der Waals surface area contributed by atoms with E-state index in [4.69, 9.17) is 27.8 Å². The highest BCUT2D eigenvalue weighted by atomic mass is 35.5. The van der Waals surface area contributed by atoms with Crippen LogP contribution in [-0.4, -0.2) is 30.5 Å². The van der Waals surface area contributed by atoms with Crippen LogP contribution in [0.3, 0.4) is 0 Å². The van der Waals surface area contributed by atoms with Gasteiger partial charge in [-0.15, -0.1) is 0 Å². The Bertz CT molecular complexity index is 923. The van der Waals surface area contributed by atoms with Gasteiger partial charge in [-0.1, -0.05) is 25.1 Å². The van der Waals surface area contributed by atoms with Crippen LogP contribution in [0.2, 0.25) is 5.02 Å². The molecule has 2 amide bonds. The third-order valence-electron chi connectivity index (χ3n) is 4.37. The summed E-state index contributed by atoms with van der Waals surface area (Å²) in [7, 11) is 1.32. The number of carbonyl (C=O) groups is 1. The van der Waals surface area contributed by atoms with E-state index in [-0.39, 0.29) is 31.2 Å². The highest BCUT2D eigenvalue weighted by Gasteiger charge is 2.27. The quantitative estimate of drug-likeness (QED) is 0.583. The Balaban J connectivity index is 0.00000280. The van der Waals surface area contributed by atoms with Crippen molar-refractivity contribution in [3.05, 3.63) is 52.0 Å². The summed E-state index contributed by atoms with van der Waals surface area (Å²) in [5.41, 5.74) is 11.9. The summed E-state index contributed by atoms with van der Waals surface area (Å²) >= 11 is 6.26. The first-order valence-electron chi connectivity index (χ1n) is 8.04. The van der Waals surface area contributed by atoms with Gasteiger partial charge >= 0.3 is 6.03 Å². The number of aliphatic imine (C=N–C) groups is 1. The Labute approximate surface area is 166 Å². The number of urea groups is 1. The van der Waals surface area contributed by atoms with Crippen LogP contribution in [-0.2, 0) is 13.0 Å². The molecule has 0 bridgehead atoms. The third-order valence-corrected chi connectivity index (χ3v) is 4.72. The van der Waals surface area contributed by atoms with Crippen LogP contribution in [0.5, 0.6) is 5.75 Å². The smallest absolute Gasteiger partial charge is 0.347 e. The van der Waals surface area contributed by atoms with Crippen molar-refractivity contribution in [2.24, 2.45) is 16.5 Å². The second-order valence-corrected chi connectivity index (χ2v) is 6.42. The lowest BCUT2D eigenvalue weighted by Gasteiger charge is -2.30. The van der Waals surface area contributed by atoms with Gasteiger partial charge in [-0.05, 0) is 29.2 Å². The van der Waals surface area contributed by atoms with Crippen molar-refractivity contribution in [3.63, 3.8) is 0 Å². The second-order valence-electron chi connectivity index (χ2n) is 6.01. The minimum atomic E-state index is -0.774. The molecular formula is C19H21ClF2N4O2. The summed E-state index contributed by atoms with van der Waals surface area (Å²) in [4.78, 5) is 17.1. The SMILES string of the molecule is C.COc1cc(F)c(-c2ccc(Cl)c3c2CN(C(=O)N=C(N)N)CC3)c(F)c1. The number of guanidine groups is 1. The highest BCUT2D eigenvalue weighted by molar-refractivity contribution is 6.31. The van der Waals surface area contributed by atoms with Gasteiger partial charge in [0.2, 0.25) is 0 Å². The van der Waals surface area contributed by atoms with Gasteiger partial charge in [0.05, 0.1) is 12.7 Å². The monoisotopic (exact) mass is 410 g/mol. The number of rotatable bonds is 2. The summed E-state index contributed by atoms with van der Waals surface area (Å²) < 4.78 is 34.1. The molecule has 2 aromatic carbocycles. The van der Waals surface area contributed by atoms with Crippen LogP contribution < -0.4 is 16.2 Å². The summed E-state index contributed by atoms with van der Waals surface area (Å²) in [5.74, 6) is -1.83. The molecule has 0 aromatic heterocycles. The number of carbonyl (C=O) groups excluding carboxylic acids is 1. The van der Waals surface area contributed by atoms with E-state index < -0.39 is 17.7 Å². The number of hydrogen-bond donors (Lipinski definition) is 2. The first-order valence-corrected chi connectivity index (χ1v) is 8.41. The van der Waals surface area contributed by atoms with E-state index in [1.54, 1.807) is 6.07 Å². The van der Waals surface area contributed by atoms with Crippen LogP contribution in [0, 0.1) is 11.6 Å². The summed E-state index contributed by atoms with van der Waals surface area (Å²) in [5, 5.41) is 0.469. The number of methoxy groups -OCH3 is 1. The zero-order valence-corrected chi connectivity index (χ0v) is 15.2. The first-order chi connectivity index (χ1) is 12.8.